The maximum Gasteiger partial charge on any atom is 0.0577 e. The summed E-state index contributed by atoms with van der Waals surface area (Å²) in [5, 5.41) is 3.74. The smallest absolute Gasteiger partial charge is 0.0577 e. The molecule has 3 nitrogen and oxygen atoms in total. The zero-order chi connectivity index (χ0) is 14.4. The van der Waals surface area contributed by atoms with E-state index in [-0.39, 0.29) is 11.3 Å². The molecule has 2 rings (SSSR count). The Morgan fingerprint density at radius 2 is 2.20 bits per heavy atom. The van der Waals surface area contributed by atoms with Gasteiger partial charge in [-0.25, -0.2) is 0 Å². The summed E-state index contributed by atoms with van der Waals surface area (Å²) in [6, 6.07) is 8.79. The molecular formula is C16H25NO2S. The van der Waals surface area contributed by atoms with Crippen molar-refractivity contribution < 1.29 is 8.95 Å². The van der Waals surface area contributed by atoms with Gasteiger partial charge in [0.1, 0.15) is 0 Å². The van der Waals surface area contributed by atoms with Gasteiger partial charge in [0.25, 0.3) is 0 Å². The number of ether oxygens (including phenoxy) is 1. The van der Waals surface area contributed by atoms with Gasteiger partial charge in [-0.05, 0) is 36.9 Å². The molecule has 1 aliphatic carbocycles. The summed E-state index contributed by atoms with van der Waals surface area (Å²) in [5.41, 5.74) is 2.74. The number of fused-ring (bicyclic) bond motifs is 1. The number of aryl methyl sites for hydroxylation is 1. The van der Waals surface area contributed by atoms with Gasteiger partial charge in [0.05, 0.1) is 11.9 Å². The molecule has 0 bridgehead atoms. The Morgan fingerprint density at radius 3 is 2.95 bits per heavy atom. The fourth-order valence-corrected chi connectivity index (χ4v) is 4.60. The van der Waals surface area contributed by atoms with Crippen molar-refractivity contribution in [3.63, 3.8) is 0 Å². The standard InChI is InChI=1S/C16H25NO2S/c1-3-17-16-14-9-5-4-7-13(14)8-6-10-15(16)20(18)12-11-19-2/h4-5,7,9,15-17H,3,6,8,10-12H2,1-2H3. The van der Waals surface area contributed by atoms with Gasteiger partial charge in [-0.1, -0.05) is 31.2 Å². The number of nitrogens with one attached hydrogen (secondary N) is 1. The zero-order valence-corrected chi connectivity index (χ0v) is 13.2. The van der Waals surface area contributed by atoms with Crippen molar-refractivity contribution in [1.82, 2.24) is 5.32 Å². The van der Waals surface area contributed by atoms with E-state index in [2.05, 4.69) is 36.5 Å². The molecule has 0 heterocycles. The Kier molecular flexibility index (Phi) is 6.20. The molecule has 112 valence electrons. The maximum absolute atomic E-state index is 12.6. The van der Waals surface area contributed by atoms with Gasteiger partial charge in [-0.3, -0.25) is 4.21 Å². The van der Waals surface area contributed by atoms with Crippen LogP contribution >= 0.6 is 0 Å². The second kappa shape index (κ2) is 7.91. The summed E-state index contributed by atoms with van der Waals surface area (Å²) < 4.78 is 17.7. The molecule has 0 aromatic heterocycles. The Hall–Kier alpha value is -0.710. The Labute approximate surface area is 124 Å². The van der Waals surface area contributed by atoms with Crippen LogP contribution in [0.25, 0.3) is 0 Å². The number of rotatable bonds is 6. The first kappa shape index (κ1) is 15.7. The number of hydrogen-bond acceptors (Lipinski definition) is 3. The Morgan fingerprint density at radius 1 is 1.40 bits per heavy atom. The minimum absolute atomic E-state index is 0.189. The van der Waals surface area contributed by atoms with Crippen molar-refractivity contribution in [2.45, 2.75) is 37.5 Å². The van der Waals surface area contributed by atoms with Gasteiger partial charge in [0, 0.05) is 29.7 Å². The van der Waals surface area contributed by atoms with Crippen molar-refractivity contribution in [2.75, 3.05) is 26.0 Å². The van der Waals surface area contributed by atoms with Crippen LogP contribution < -0.4 is 5.32 Å². The van der Waals surface area contributed by atoms with Crippen LogP contribution in [-0.2, 0) is 22.0 Å². The predicted octanol–water partition coefficient (Wildman–Crippen LogP) is 2.44. The van der Waals surface area contributed by atoms with E-state index in [0.717, 1.165) is 25.8 Å². The predicted molar refractivity (Wildman–Crippen MR) is 84.5 cm³/mol. The first-order valence-electron chi connectivity index (χ1n) is 7.45. The molecule has 3 atom stereocenters. The fraction of sp³-hybridized carbons (Fsp3) is 0.625. The molecule has 0 saturated heterocycles. The third-order valence-electron chi connectivity index (χ3n) is 3.95. The van der Waals surface area contributed by atoms with Crippen molar-refractivity contribution in [2.24, 2.45) is 0 Å². The lowest BCUT2D eigenvalue weighted by molar-refractivity contribution is 0.217. The highest BCUT2D eigenvalue weighted by Gasteiger charge is 2.30. The highest BCUT2D eigenvalue weighted by Crippen LogP contribution is 2.31. The average molecular weight is 295 g/mol. The first-order chi connectivity index (χ1) is 9.77. The fourth-order valence-electron chi connectivity index (χ4n) is 2.99. The van der Waals surface area contributed by atoms with Crippen LogP contribution in [0.3, 0.4) is 0 Å². The number of methoxy groups -OCH3 is 1. The summed E-state index contributed by atoms with van der Waals surface area (Å²) in [5.74, 6) is 0.630. The molecule has 0 aliphatic heterocycles. The summed E-state index contributed by atoms with van der Waals surface area (Å²) in [4.78, 5) is 0. The van der Waals surface area contributed by atoms with Crippen LogP contribution in [0.1, 0.15) is 36.9 Å². The van der Waals surface area contributed by atoms with Crippen LogP contribution in [0.5, 0.6) is 0 Å². The van der Waals surface area contributed by atoms with Crippen LogP contribution in [0.15, 0.2) is 24.3 Å². The van der Waals surface area contributed by atoms with Crippen LogP contribution in [0.2, 0.25) is 0 Å². The molecule has 0 amide bonds. The number of benzene rings is 1. The van der Waals surface area contributed by atoms with Gasteiger partial charge in [0.2, 0.25) is 0 Å². The molecule has 0 fully saturated rings. The van der Waals surface area contributed by atoms with E-state index in [1.807, 2.05) is 0 Å². The lowest BCUT2D eigenvalue weighted by Gasteiger charge is -2.27. The minimum atomic E-state index is -0.844. The molecule has 1 aromatic rings. The third kappa shape index (κ3) is 3.68. The summed E-state index contributed by atoms with van der Waals surface area (Å²) >= 11 is 0. The average Bonchev–Trinajstić information content (AvgIpc) is 2.65. The maximum atomic E-state index is 12.6. The summed E-state index contributed by atoms with van der Waals surface area (Å²) in [6.07, 6.45) is 3.22. The van der Waals surface area contributed by atoms with Gasteiger partial charge in [0.15, 0.2) is 0 Å². The van der Waals surface area contributed by atoms with Crippen molar-refractivity contribution in [3.05, 3.63) is 35.4 Å². The van der Waals surface area contributed by atoms with Crippen molar-refractivity contribution in [1.29, 1.82) is 0 Å². The normalized spacial score (nSPS) is 23.9. The largest absolute Gasteiger partial charge is 0.384 e. The van der Waals surface area contributed by atoms with Crippen LogP contribution in [-0.4, -0.2) is 35.5 Å². The van der Waals surface area contributed by atoms with E-state index >= 15 is 0 Å². The van der Waals surface area contributed by atoms with Gasteiger partial charge in [-0.15, -0.1) is 0 Å². The molecule has 4 heteroatoms. The molecule has 3 unspecified atom stereocenters. The van der Waals surface area contributed by atoms with Gasteiger partial charge in [-0.2, -0.15) is 0 Å². The van der Waals surface area contributed by atoms with E-state index in [4.69, 9.17) is 4.74 Å². The lowest BCUT2D eigenvalue weighted by atomic mass is 9.99. The summed E-state index contributed by atoms with van der Waals surface area (Å²) in [7, 11) is 0.824. The van der Waals surface area contributed by atoms with E-state index in [1.165, 1.54) is 11.1 Å². The zero-order valence-electron chi connectivity index (χ0n) is 12.4. The molecule has 20 heavy (non-hydrogen) atoms. The van der Waals surface area contributed by atoms with Crippen LogP contribution in [0.4, 0.5) is 0 Å². The third-order valence-corrected chi connectivity index (χ3v) is 5.70. The molecule has 1 aliphatic rings. The summed E-state index contributed by atoms with van der Waals surface area (Å²) in [6.45, 7) is 3.59. The van der Waals surface area contributed by atoms with E-state index in [1.54, 1.807) is 7.11 Å². The van der Waals surface area contributed by atoms with E-state index < -0.39 is 10.8 Å². The Balaban J connectivity index is 2.25. The van der Waals surface area contributed by atoms with E-state index in [9.17, 15) is 4.21 Å². The van der Waals surface area contributed by atoms with Crippen molar-refractivity contribution >= 4 is 10.8 Å². The molecule has 1 aromatic carbocycles. The molecule has 0 saturated carbocycles. The van der Waals surface area contributed by atoms with Crippen LogP contribution in [0, 0.1) is 0 Å². The number of hydrogen-bond donors (Lipinski definition) is 1. The highest BCUT2D eigenvalue weighted by atomic mass is 32.2. The Bertz CT molecular complexity index is 450. The second-order valence-corrected chi connectivity index (χ2v) is 7.02. The lowest BCUT2D eigenvalue weighted by Crippen LogP contribution is -2.35. The van der Waals surface area contributed by atoms with Gasteiger partial charge < -0.3 is 10.1 Å². The first-order valence-corrected chi connectivity index (χ1v) is 8.83. The SMILES string of the molecule is CCNC1c2ccccc2CCCC1S(=O)CCOC. The van der Waals surface area contributed by atoms with Crippen molar-refractivity contribution in [3.8, 4) is 0 Å². The minimum Gasteiger partial charge on any atom is -0.384 e. The molecule has 0 radical (unpaired) electrons. The molecular weight excluding hydrogens is 270 g/mol. The topological polar surface area (TPSA) is 38.3 Å². The van der Waals surface area contributed by atoms with E-state index in [0.29, 0.717) is 12.4 Å². The second-order valence-electron chi connectivity index (χ2n) is 5.24. The quantitative estimate of drug-likeness (QED) is 0.819. The molecule has 0 spiro atoms. The highest BCUT2D eigenvalue weighted by molar-refractivity contribution is 7.85. The van der Waals surface area contributed by atoms with Gasteiger partial charge >= 0.3 is 0 Å². The molecule has 1 N–H and O–H groups in total. The monoisotopic (exact) mass is 295 g/mol.